The minimum absolute atomic E-state index is 0.140. The number of rotatable bonds is 20. The lowest BCUT2D eigenvalue weighted by atomic mass is 9.85. The molecule has 0 aromatic rings. The number of Topliss-reactive ketones (excluding diaryl/α,β-unsaturated/α-hetero) is 1. The van der Waals surface area contributed by atoms with Gasteiger partial charge >= 0.3 is 11.9 Å². The molecule has 1 saturated heterocycles. The number of allylic oxidation sites excluding steroid dienone is 12. The first-order valence-corrected chi connectivity index (χ1v) is 23.7. The number of methoxy groups -OCH3 is 1. The van der Waals surface area contributed by atoms with Gasteiger partial charge in [0.25, 0.3) is 0 Å². The number of nitrogens with zero attached hydrogens (tertiary/aromatic N) is 3. The van der Waals surface area contributed by atoms with Crippen molar-refractivity contribution in [1.29, 1.82) is 0 Å². The number of carbonyl (C=O) groups is 3. The molecular weight excluding hydrogens is 801 g/mol. The Hall–Kier alpha value is -5.38. The van der Waals surface area contributed by atoms with Crippen LogP contribution >= 0.6 is 0 Å². The fourth-order valence-corrected chi connectivity index (χ4v) is 9.87. The first-order valence-electron chi connectivity index (χ1n) is 23.7. The molecule has 0 aromatic carbocycles. The second-order valence-electron chi connectivity index (χ2n) is 19.0. The Morgan fingerprint density at radius 1 is 0.938 bits per heavy atom. The number of fused-ring (bicyclic) bond motifs is 5. The predicted molar refractivity (Wildman–Crippen MR) is 258 cm³/mol. The van der Waals surface area contributed by atoms with Gasteiger partial charge in [-0.2, -0.15) is 0 Å². The van der Waals surface area contributed by atoms with Gasteiger partial charge in [-0.15, -0.1) is 0 Å². The maximum Gasteiger partial charge on any atom is 0.321 e. The van der Waals surface area contributed by atoms with Gasteiger partial charge in [-0.1, -0.05) is 105 Å². The molecule has 5 atom stereocenters. The largest absolute Gasteiger partial charge is 0.515 e. The number of hydrogen-bond donors (Lipinski definition) is 2. The molecule has 1 aliphatic carbocycles. The molecule has 1 saturated carbocycles. The van der Waals surface area contributed by atoms with Crippen LogP contribution in [0.25, 0.3) is 0 Å². The third-order valence-corrected chi connectivity index (χ3v) is 13.8. The Kier molecular flexibility index (Phi) is 16.2. The zero-order chi connectivity index (χ0) is 46.2. The molecule has 5 unspecified atom stereocenters. The Morgan fingerprint density at radius 2 is 1.64 bits per heavy atom. The summed E-state index contributed by atoms with van der Waals surface area (Å²) in [7, 11) is 1.28. The van der Waals surface area contributed by atoms with Gasteiger partial charge in [0.2, 0.25) is 0 Å². The maximum atomic E-state index is 14.2. The van der Waals surface area contributed by atoms with Crippen LogP contribution in [0.2, 0.25) is 0 Å². The molecule has 0 radical (unpaired) electrons. The van der Waals surface area contributed by atoms with Crippen molar-refractivity contribution in [3.8, 4) is 0 Å². The lowest BCUT2D eigenvalue weighted by molar-refractivity contribution is -0.146. The van der Waals surface area contributed by atoms with E-state index in [0.717, 1.165) is 53.4 Å². The van der Waals surface area contributed by atoms with E-state index in [0.29, 0.717) is 75.4 Å². The first kappa shape index (κ1) is 48.1. The Labute approximate surface area is 381 Å². The molecule has 64 heavy (non-hydrogen) atoms. The van der Waals surface area contributed by atoms with Gasteiger partial charge in [0, 0.05) is 51.9 Å². The van der Waals surface area contributed by atoms with Gasteiger partial charge in [0.1, 0.15) is 12.5 Å². The first-order chi connectivity index (χ1) is 30.7. The Balaban J connectivity index is 1.19. The molecule has 10 nitrogen and oxygen atoms in total. The molecule has 0 amide bonds. The zero-order valence-corrected chi connectivity index (χ0v) is 39.7. The third kappa shape index (κ3) is 10.8. The van der Waals surface area contributed by atoms with E-state index in [2.05, 4.69) is 53.4 Å². The van der Waals surface area contributed by atoms with Crippen molar-refractivity contribution in [1.82, 2.24) is 5.32 Å². The standard InChI is InChI=1S/C54H70N4O6/c1-11-38-35(8)43-28-44-36(9)40(22-23-48(60)64-25-24-34(7)21-15-20-33(6)19-14-18-32(5)17-13-16-31(3)4)51(58-44)49-50(54(62)63-10)53(61)41-26-37(55-52(41)49)27-45-39(12-2)42(30-59)47(57-45)29-46(38)56-43/h11,24,26-33,36,40,50,58-59H,1,12-23,25H2,2-10H3. The number of aliphatic hydroxyl groups excluding tert-OH is 1. The molecule has 6 rings (SSSR count). The van der Waals surface area contributed by atoms with E-state index in [1.807, 2.05) is 32.1 Å². The fourth-order valence-electron chi connectivity index (χ4n) is 9.87. The number of esters is 2. The average Bonchev–Trinajstić information content (AvgIpc) is 4.03. The van der Waals surface area contributed by atoms with Gasteiger partial charge in [0.05, 0.1) is 47.6 Å². The van der Waals surface area contributed by atoms with Gasteiger partial charge < -0.3 is 19.9 Å². The zero-order valence-electron chi connectivity index (χ0n) is 39.7. The van der Waals surface area contributed by atoms with E-state index >= 15 is 0 Å². The van der Waals surface area contributed by atoms with Crippen LogP contribution in [-0.2, 0) is 23.9 Å². The quantitative estimate of drug-likeness (QED) is 0.0537. The van der Waals surface area contributed by atoms with Crippen LogP contribution in [0.4, 0.5) is 0 Å². The highest BCUT2D eigenvalue weighted by molar-refractivity contribution is 6.42. The van der Waals surface area contributed by atoms with Crippen molar-refractivity contribution in [3.05, 3.63) is 117 Å². The molecule has 2 N–H and O–H groups in total. The molecule has 0 spiro atoms. The van der Waals surface area contributed by atoms with Crippen LogP contribution in [0.5, 0.6) is 0 Å². The molecule has 0 aromatic heterocycles. The number of hydrogen-bond acceptors (Lipinski definition) is 10. The number of ether oxygens (including phenoxy) is 2. The molecule has 5 heterocycles. The molecule has 8 bridgehead atoms. The summed E-state index contributed by atoms with van der Waals surface area (Å²) in [5.41, 5.74) is 10.1. The van der Waals surface area contributed by atoms with Crippen molar-refractivity contribution in [2.45, 2.75) is 132 Å². The maximum absolute atomic E-state index is 14.2. The van der Waals surface area contributed by atoms with Crippen LogP contribution in [0.3, 0.4) is 0 Å². The summed E-state index contributed by atoms with van der Waals surface area (Å²) in [6, 6.07) is 0. The lowest BCUT2D eigenvalue weighted by Crippen LogP contribution is -2.26. The van der Waals surface area contributed by atoms with Gasteiger partial charge in [-0.25, -0.2) is 15.0 Å². The van der Waals surface area contributed by atoms with E-state index in [9.17, 15) is 19.5 Å². The summed E-state index contributed by atoms with van der Waals surface area (Å²) in [6.07, 6.45) is 24.6. The van der Waals surface area contributed by atoms with Crippen molar-refractivity contribution in [2.75, 3.05) is 13.7 Å². The van der Waals surface area contributed by atoms with Crippen LogP contribution in [-0.4, -0.2) is 53.7 Å². The topological polar surface area (TPSA) is 139 Å². The number of ketones is 1. The highest BCUT2D eigenvalue weighted by atomic mass is 16.5. The predicted octanol–water partition coefficient (Wildman–Crippen LogP) is 11.7. The van der Waals surface area contributed by atoms with E-state index < -0.39 is 17.7 Å². The molecule has 5 aliphatic heterocycles. The van der Waals surface area contributed by atoms with E-state index in [1.54, 1.807) is 18.2 Å². The Morgan fingerprint density at radius 3 is 2.30 bits per heavy atom. The van der Waals surface area contributed by atoms with Crippen LogP contribution < -0.4 is 5.32 Å². The third-order valence-electron chi connectivity index (χ3n) is 13.8. The number of carbonyl (C=O) groups excluding carboxylic acids is 3. The molecule has 2 fully saturated rings. The number of nitrogens with one attached hydrogen (secondary N) is 1. The van der Waals surface area contributed by atoms with Gasteiger partial charge in [-0.3, -0.25) is 14.4 Å². The highest BCUT2D eigenvalue weighted by Crippen LogP contribution is 2.46. The van der Waals surface area contributed by atoms with Gasteiger partial charge in [0.15, 0.2) is 5.78 Å². The summed E-state index contributed by atoms with van der Waals surface area (Å²) >= 11 is 0. The molecular formula is C54H70N4O6. The monoisotopic (exact) mass is 871 g/mol. The summed E-state index contributed by atoms with van der Waals surface area (Å²) in [5, 5.41) is 14.0. The Bertz CT molecular complexity index is 2300. The minimum Gasteiger partial charge on any atom is -0.515 e. The second-order valence-corrected chi connectivity index (χ2v) is 19.0. The van der Waals surface area contributed by atoms with Crippen LogP contribution in [0, 0.1) is 35.5 Å². The SMILES string of the molecule is C=CC1=C(C)C2=NC1=CC1=NC(=C(CC)C1=CO)C=C1C=C3C(=O)C(C(=O)OC)C(=C4NC(=C2)C(C)C4CCC(=O)OCC=C(C)CCCC(C)CCCC(C)CCCC(C)C)C3=N1. The van der Waals surface area contributed by atoms with E-state index in [1.165, 1.54) is 57.6 Å². The van der Waals surface area contributed by atoms with Gasteiger partial charge in [-0.05, 0) is 98.8 Å². The van der Waals surface area contributed by atoms with Crippen molar-refractivity contribution >= 4 is 34.9 Å². The van der Waals surface area contributed by atoms with E-state index in [-0.39, 0.29) is 30.8 Å². The number of aliphatic imine (C=N–C) groups is 3. The van der Waals surface area contributed by atoms with E-state index in [4.69, 9.17) is 24.5 Å². The summed E-state index contributed by atoms with van der Waals surface area (Å²) in [5.74, 6) is -0.737. The number of aliphatic hydroxyl groups is 1. The van der Waals surface area contributed by atoms with Crippen LogP contribution in [0.15, 0.2) is 132 Å². The van der Waals surface area contributed by atoms with Crippen molar-refractivity contribution in [3.63, 3.8) is 0 Å². The molecule has 342 valence electrons. The summed E-state index contributed by atoms with van der Waals surface area (Å²) < 4.78 is 11.0. The lowest BCUT2D eigenvalue weighted by Gasteiger charge is -2.19. The second kappa shape index (κ2) is 21.5. The van der Waals surface area contributed by atoms with Crippen molar-refractivity contribution < 1.29 is 29.0 Å². The minimum atomic E-state index is -1.22. The highest BCUT2D eigenvalue weighted by Gasteiger charge is 2.50. The smallest absolute Gasteiger partial charge is 0.321 e. The summed E-state index contributed by atoms with van der Waals surface area (Å²) in [6.45, 7) is 21.8. The summed E-state index contributed by atoms with van der Waals surface area (Å²) in [4.78, 5) is 55.9. The normalized spacial score (nSPS) is 23.2. The average molecular weight is 871 g/mol. The van der Waals surface area contributed by atoms with Crippen LogP contribution in [0.1, 0.15) is 132 Å². The molecule has 6 aliphatic rings. The van der Waals surface area contributed by atoms with Crippen molar-refractivity contribution in [2.24, 2.45) is 50.5 Å². The fraction of sp³-hybridized carbons (Fsp3) is 0.519. The molecule has 10 heteroatoms.